The Morgan fingerprint density at radius 1 is 1.20 bits per heavy atom. The van der Waals surface area contributed by atoms with Gasteiger partial charge in [0, 0.05) is 4.47 Å². The number of aliphatic carboxylic acids is 1. The predicted molar refractivity (Wildman–Crippen MR) is 76.2 cm³/mol. The highest BCUT2D eigenvalue weighted by Crippen LogP contribution is 2.23. The number of hydrogen-bond acceptors (Lipinski definition) is 2. The Bertz CT molecular complexity index is 628. The third-order valence-corrected chi connectivity index (χ3v) is 3.23. The van der Waals surface area contributed by atoms with E-state index in [4.69, 9.17) is 9.84 Å². The topological polar surface area (TPSA) is 46.5 Å². The maximum Gasteiger partial charge on any atom is 0.307 e. The van der Waals surface area contributed by atoms with E-state index in [1.807, 2.05) is 0 Å². The standard InChI is InChI=1S/C15H12BrFO3/c16-12-5-6-14(13(17)8-12)20-9-11-4-2-1-3-10(11)7-15(18)19/h1-6,8H,7,9H2,(H,18,19). The lowest BCUT2D eigenvalue weighted by atomic mass is 10.1. The van der Waals surface area contributed by atoms with E-state index in [9.17, 15) is 9.18 Å². The third-order valence-electron chi connectivity index (χ3n) is 2.74. The first kappa shape index (κ1) is 14.5. The first-order chi connectivity index (χ1) is 9.56. The van der Waals surface area contributed by atoms with E-state index in [-0.39, 0.29) is 18.8 Å². The predicted octanol–water partition coefficient (Wildman–Crippen LogP) is 3.79. The number of halogens is 2. The second kappa shape index (κ2) is 6.52. The summed E-state index contributed by atoms with van der Waals surface area (Å²) in [6.45, 7) is 0.127. The van der Waals surface area contributed by atoms with Gasteiger partial charge in [-0.25, -0.2) is 4.39 Å². The lowest BCUT2D eigenvalue weighted by Crippen LogP contribution is -2.06. The van der Waals surface area contributed by atoms with Crippen LogP contribution in [-0.4, -0.2) is 11.1 Å². The van der Waals surface area contributed by atoms with Gasteiger partial charge in [0.05, 0.1) is 6.42 Å². The van der Waals surface area contributed by atoms with Crippen molar-refractivity contribution in [3.63, 3.8) is 0 Å². The number of ether oxygens (including phenoxy) is 1. The average Bonchev–Trinajstić information content (AvgIpc) is 2.39. The maximum atomic E-state index is 13.6. The first-order valence-corrected chi connectivity index (χ1v) is 6.72. The van der Waals surface area contributed by atoms with Crippen LogP contribution in [0.4, 0.5) is 4.39 Å². The molecule has 0 atom stereocenters. The van der Waals surface area contributed by atoms with Crippen molar-refractivity contribution in [2.45, 2.75) is 13.0 Å². The summed E-state index contributed by atoms with van der Waals surface area (Å²) in [5.41, 5.74) is 1.40. The van der Waals surface area contributed by atoms with Crippen molar-refractivity contribution in [1.82, 2.24) is 0 Å². The number of rotatable bonds is 5. The Morgan fingerprint density at radius 3 is 2.55 bits per heavy atom. The Labute approximate surface area is 124 Å². The van der Waals surface area contributed by atoms with Gasteiger partial charge in [0.15, 0.2) is 11.6 Å². The summed E-state index contributed by atoms with van der Waals surface area (Å²) < 4.78 is 19.7. The molecule has 2 rings (SSSR count). The lowest BCUT2D eigenvalue weighted by Gasteiger charge is -2.10. The fourth-order valence-corrected chi connectivity index (χ4v) is 2.11. The van der Waals surface area contributed by atoms with Crippen molar-refractivity contribution in [2.24, 2.45) is 0 Å². The fourth-order valence-electron chi connectivity index (χ4n) is 1.78. The molecule has 104 valence electrons. The molecule has 0 aliphatic rings. The van der Waals surface area contributed by atoms with Gasteiger partial charge in [-0.05, 0) is 29.3 Å². The molecule has 0 saturated carbocycles. The van der Waals surface area contributed by atoms with Crippen LogP contribution in [0.5, 0.6) is 5.75 Å². The van der Waals surface area contributed by atoms with Crippen LogP contribution in [-0.2, 0) is 17.8 Å². The highest BCUT2D eigenvalue weighted by Gasteiger charge is 2.09. The van der Waals surface area contributed by atoms with E-state index in [0.29, 0.717) is 10.0 Å². The Morgan fingerprint density at radius 2 is 1.90 bits per heavy atom. The van der Waals surface area contributed by atoms with Gasteiger partial charge < -0.3 is 9.84 Å². The number of carbonyl (C=O) groups is 1. The SMILES string of the molecule is O=C(O)Cc1ccccc1COc1ccc(Br)cc1F. The van der Waals surface area contributed by atoms with E-state index >= 15 is 0 Å². The molecular weight excluding hydrogens is 327 g/mol. The summed E-state index contributed by atoms with van der Waals surface area (Å²) in [6, 6.07) is 11.6. The van der Waals surface area contributed by atoms with Crippen LogP contribution < -0.4 is 4.74 Å². The van der Waals surface area contributed by atoms with Crippen LogP contribution in [0, 0.1) is 5.82 Å². The molecule has 0 aliphatic carbocycles. The molecule has 3 nitrogen and oxygen atoms in total. The fraction of sp³-hybridized carbons (Fsp3) is 0.133. The van der Waals surface area contributed by atoms with Gasteiger partial charge >= 0.3 is 5.97 Å². The zero-order chi connectivity index (χ0) is 14.5. The molecule has 0 spiro atoms. The minimum absolute atomic E-state index is 0.0810. The minimum atomic E-state index is -0.910. The Kier molecular flexibility index (Phi) is 4.74. The van der Waals surface area contributed by atoms with Crippen molar-refractivity contribution >= 4 is 21.9 Å². The van der Waals surface area contributed by atoms with Crippen LogP contribution in [0.2, 0.25) is 0 Å². The molecule has 0 heterocycles. The molecule has 0 radical (unpaired) electrons. The normalized spacial score (nSPS) is 10.3. The molecule has 0 bridgehead atoms. The summed E-state index contributed by atoms with van der Waals surface area (Å²) in [5, 5.41) is 8.85. The summed E-state index contributed by atoms with van der Waals surface area (Å²) in [4.78, 5) is 10.8. The van der Waals surface area contributed by atoms with E-state index < -0.39 is 11.8 Å². The van der Waals surface area contributed by atoms with Crippen molar-refractivity contribution in [1.29, 1.82) is 0 Å². The van der Waals surface area contributed by atoms with Gasteiger partial charge in [-0.2, -0.15) is 0 Å². The molecule has 0 saturated heterocycles. The second-order valence-electron chi connectivity index (χ2n) is 4.20. The molecule has 5 heteroatoms. The lowest BCUT2D eigenvalue weighted by molar-refractivity contribution is -0.136. The zero-order valence-electron chi connectivity index (χ0n) is 10.5. The molecular formula is C15H12BrFO3. The molecule has 0 amide bonds. The van der Waals surface area contributed by atoms with Gasteiger partial charge in [0.1, 0.15) is 6.61 Å². The number of benzene rings is 2. The smallest absolute Gasteiger partial charge is 0.307 e. The average molecular weight is 339 g/mol. The van der Waals surface area contributed by atoms with Gasteiger partial charge in [-0.3, -0.25) is 4.79 Å². The van der Waals surface area contributed by atoms with E-state index in [2.05, 4.69) is 15.9 Å². The molecule has 20 heavy (non-hydrogen) atoms. The van der Waals surface area contributed by atoms with E-state index in [1.54, 1.807) is 30.3 Å². The molecule has 1 N–H and O–H groups in total. The molecule has 0 aliphatic heterocycles. The largest absolute Gasteiger partial charge is 0.486 e. The zero-order valence-corrected chi connectivity index (χ0v) is 12.1. The number of hydrogen-bond donors (Lipinski definition) is 1. The summed E-state index contributed by atoms with van der Waals surface area (Å²) >= 11 is 3.17. The van der Waals surface area contributed by atoms with Crippen LogP contribution in [0.15, 0.2) is 46.9 Å². The monoisotopic (exact) mass is 338 g/mol. The minimum Gasteiger partial charge on any atom is -0.486 e. The number of carboxylic acid groups (broad SMARTS) is 1. The van der Waals surface area contributed by atoms with Gasteiger partial charge in [-0.1, -0.05) is 40.2 Å². The third kappa shape index (κ3) is 3.81. The Balaban J connectivity index is 2.12. The molecule has 2 aromatic carbocycles. The highest BCUT2D eigenvalue weighted by molar-refractivity contribution is 9.10. The van der Waals surface area contributed by atoms with E-state index in [1.165, 1.54) is 12.1 Å². The molecule has 0 unspecified atom stereocenters. The number of carboxylic acids is 1. The molecule has 2 aromatic rings. The van der Waals surface area contributed by atoms with Crippen LogP contribution in [0.3, 0.4) is 0 Å². The highest BCUT2D eigenvalue weighted by atomic mass is 79.9. The summed E-state index contributed by atoms with van der Waals surface area (Å²) in [5.74, 6) is -1.24. The van der Waals surface area contributed by atoms with Crippen LogP contribution in [0.1, 0.15) is 11.1 Å². The Hall–Kier alpha value is -1.88. The van der Waals surface area contributed by atoms with Gasteiger partial charge in [0.2, 0.25) is 0 Å². The van der Waals surface area contributed by atoms with Crippen molar-refractivity contribution in [3.05, 3.63) is 63.9 Å². The first-order valence-electron chi connectivity index (χ1n) is 5.92. The van der Waals surface area contributed by atoms with Crippen LogP contribution in [0.25, 0.3) is 0 Å². The van der Waals surface area contributed by atoms with Gasteiger partial charge in [-0.15, -0.1) is 0 Å². The second-order valence-corrected chi connectivity index (χ2v) is 5.12. The molecule has 0 aromatic heterocycles. The van der Waals surface area contributed by atoms with Gasteiger partial charge in [0.25, 0.3) is 0 Å². The van der Waals surface area contributed by atoms with Crippen molar-refractivity contribution in [2.75, 3.05) is 0 Å². The van der Waals surface area contributed by atoms with E-state index in [0.717, 1.165) is 5.56 Å². The van der Waals surface area contributed by atoms with Crippen molar-refractivity contribution < 1.29 is 19.0 Å². The maximum absolute atomic E-state index is 13.6. The van der Waals surface area contributed by atoms with Crippen molar-refractivity contribution in [3.8, 4) is 5.75 Å². The quantitative estimate of drug-likeness (QED) is 0.901. The summed E-state index contributed by atoms with van der Waals surface area (Å²) in [7, 11) is 0. The summed E-state index contributed by atoms with van der Waals surface area (Å²) in [6.07, 6.45) is -0.0810. The van der Waals surface area contributed by atoms with Crippen LogP contribution >= 0.6 is 15.9 Å². The molecule has 0 fully saturated rings.